The molecule has 0 saturated heterocycles. The SMILES string of the molecule is O=C(Oc1ccccn1)c1ccsc1Br. The minimum Gasteiger partial charge on any atom is -0.404 e. The lowest BCUT2D eigenvalue weighted by Crippen LogP contribution is -2.08. The Morgan fingerprint density at radius 3 is 2.87 bits per heavy atom. The summed E-state index contributed by atoms with van der Waals surface area (Å²) in [4.78, 5) is 15.5. The smallest absolute Gasteiger partial charge is 0.346 e. The average molecular weight is 284 g/mol. The van der Waals surface area contributed by atoms with E-state index in [9.17, 15) is 4.79 Å². The van der Waals surface area contributed by atoms with Crippen LogP contribution in [0.15, 0.2) is 39.6 Å². The van der Waals surface area contributed by atoms with Gasteiger partial charge in [-0.2, -0.15) is 0 Å². The Morgan fingerprint density at radius 1 is 1.40 bits per heavy atom. The van der Waals surface area contributed by atoms with Crippen LogP contribution >= 0.6 is 27.3 Å². The van der Waals surface area contributed by atoms with Crippen LogP contribution < -0.4 is 4.74 Å². The standard InChI is InChI=1S/C10H6BrNO2S/c11-9-7(4-6-15-9)10(13)14-8-3-1-2-5-12-8/h1-6H. The van der Waals surface area contributed by atoms with Crippen molar-refractivity contribution in [2.24, 2.45) is 0 Å². The van der Waals surface area contributed by atoms with Crippen LogP contribution in [0.2, 0.25) is 0 Å². The van der Waals surface area contributed by atoms with Gasteiger partial charge in [-0.1, -0.05) is 6.07 Å². The van der Waals surface area contributed by atoms with Gasteiger partial charge in [0.15, 0.2) is 0 Å². The molecule has 0 N–H and O–H groups in total. The van der Waals surface area contributed by atoms with Crippen LogP contribution in [0.25, 0.3) is 0 Å². The maximum absolute atomic E-state index is 11.6. The first kappa shape index (κ1) is 10.3. The highest BCUT2D eigenvalue weighted by Gasteiger charge is 2.13. The third kappa shape index (κ3) is 2.43. The lowest BCUT2D eigenvalue weighted by molar-refractivity contribution is 0.0727. The number of rotatable bonds is 2. The first-order valence-electron chi connectivity index (χ1n) is 4.13. The van der Waals surface area contributed by atoms with Crippen molar-refractivity contribution in [3.05, 3.63) is 45.2 Å². The molecule has 0 spiro atoms. The molecule has 2 rings (SSSR count). The molecule has 76 valence electrons. The molecule has 0 aliphatic rings. The molecule has 15 heavy (non-hydrogen) atoms. The molecule has 0 saturated carbocycles. The Balaban J connectivity index is 2.15. The Hall–Kier alpha value is -1.20. The van der Waals surface area contributed by atoms with E-state index in [2.05, 4.69) is 20.9 Å². The summed E-state index contributed by atoms with van der Waals surface area (Å²) in [7, 11) is 0. The molecule has 2 heterocycles. The van der Waals surface area contributed by atoms with Gasteiger partial charge in [0.25, 0.3) is 0 Å². The van der Waals surface area contributed by atoms with E-state index in [1.165, 1.54) is 11.3 Å². The largest absolute Gasteiger partial charge is 0.404 e. The summed E-state index contributed by atoms with van der Waals surface area (Å²) < 4.78 is 5.83. The van der Waals surface area contributed by atoms with Crippen molar-refractivity contribution in [2.75, 3.05) is 0 Å². The van der Waals surface area contributed by atoms with E-state index < -0.39 is 5.97 Å². The third-order valence-corrected chi connectivity index (χ3v) is 3.36. The monoisotopic (exact) mass is 283 g/mol. The number of carbonyl (C=O) groups is 1. The molecule has 0 aliphatic carbocycles. The van der Waals surface area contributed by atoms with Gasteiger partial charge in [0, 0.05) is 12.3 Å². The van der Waals surface area contributed by atoms with Gasteiger partial charge < -0.3 is 4.74 Å². The van der Waals surface area contributed by atoms with Gasteiger partial charge in [-0.15, -0.1) is 11.3 Å². The van der Waals surface area contributed by atoms with Gasteiger partial charge in [-0.3, -0.25) is 0 Å². The van der Waals surface area contributed by atoms with Crippen LogP contribution in [0.5, 0.6) is 5.88 Å². The van der Waals surface area contributed by atoms with Crippen LogP contribution in [0.4, 0.5) is 0 Å². The molecule has 0 bridgehead atoms. The molecule has 2 aromatic rings. The maximum atomic E-state index is 11.6. The minimum absolute atomic E-state index is 0.306. The van der Waals surface area contributed by atoms with Crippen molar-refractivity contribution in [2.45, 2.75) is 0 Å². The molecule has 0 unspecified atom stereocenters. The number of hydrogen-bond donors (Lipinski definition) is 0. The highest BCUT2D eigenvalue weighted by atomic mass is 79.9. The zero-order valence-electron chi connectivity index (χ0n) is 7.51. The molecule has 0 fully saturated rings. The average Bonchev–Trinajstić information content (AvgIpc) is 2.66. The summed E-state index contributed by atoms with van der Waals surface area (Å²) in [5.74, 6) is -0.0950. The highest BCUT2D eigenvalue weighted by Crippen LogP contribution is 2.24. The van der Waals surface area contributed by atoms with Crippen molar-refractivity contribution in [3.8, 4) is 5.88 Å². The van der Waals surface area contributed by atoms with Crippen LogP contribution in [0, 0.1) is 0 Å². The van der Waals surface area contributed by atoms with E-state index in [0.717, 1.165) is 3.79 Å². The van der Waals surface area contributed by atoms with E-state index in [-0.39, 0.29) is 0 Å². The molecule has 0 aromatic carbocycles. The Bertz CT molecular complexity index is 469. The number of ether oxygens (including phenoxy) is 1. The summed E-state index contributed by atoms with van der Waals surface area (Å²) in [5, 5.41) is 1.82. The van der Waals surface area contributed by atoms with Gasteiger partial charge in [0.05, 0.1) is 9.35 Å². The number of carbonyl (C=O) groups excluding carboxylic acids is 1. The number of aromatic nitrogens is 1. The molecule has 0 aliphatic heterocycles. The Labute approximate surface area is 98.9 Å². The Kier molecular flexibility index (Phi) is 3.13. The Morgan fingerprint density at radius 2 is 2.27 bits per heavy atom. The van der Waals surface area contributed by atoms with E-state index in [4.69, 9.17) is 4.74 Å². The molecule has 3 nitrogen and oxygen atoms in total. The van der Waals surface area contributed by atoms with Gasteiger partial charge in [-0.25, -0.2) is 9.78 Å². The first-order chi connectivity index (χ1) is 7.27. The van der Waals surface area contributed by atoms with E-state index in [0.29, 0.717) is 11.4 Å². The number of esters is 1. The van der Waals surface area contributed by atoms with Gasteiger partial charge in [-0.05, 0) is 33.4 Å². The second kappa shape index (κ2) is 4.55. The summed E-state index contributed by atoms with van der Waals surface area (Å²) in [6, 6.07) is 6.87. The van der Waals surface area contributed by atoms with Crippen LogP contribution in [0.1, 0.15) is 10.4 Å². The topological polar surface area (TPSA) is 39.2 Å². The summed E-state index contributed by atoms with van der Waals surface area (Å²) >= 11 is 4.72. The molecular weight excluding hydrogens is 278 g/mol. The van der Waals surface area contributed by atoms with Gasteiger partial charge in [0.1, 0.15) is 0 Å². The predicted octanol–water partition coefficient (Wildman–Crippen LogP) is 3.12. The van der Waals surface area contributed by atoms with Crippen molar-refractivity contribution in [3.63, 3.8) is 0 Å². The molecular formula is C10H6BrNO2S. The maximum Gasteiger partial charge on any atom is 0.346 e. The fraction of sp³-hybridized carbons (Fsp3) is 0. The molecule has 0 radical (unpaired) electrons. The second-order valence-electron chi connectivity index (χ2n) is 2.67. The minimum atomic E-state index is -0.401. The third-order valence-electron chi connectivity index (χ3n) is 1.67. The summed E-state index contributed by atoms with van der Waals surface area (Å²) in [5.41, 5.74) is 0.519. The van der Waals surface area contributed by atoms with Crippen molar-refractivity contribution >= 4 is 33.2 Å². The lowest BCUT2D eigenvalue weighted by atomic mass is 10.3. The summed E-state index contributed by atoms with van der Waals surface area (Å²) in [6.45, 7) is 0. The number of halogens is 1. The predicted molar refractivity (Wildman–Crippen MR) is 61.2 cm³/mol. The molecule has 5 heteroatoms. The first-order valence-corrected chi connectivity index (χ1v) is 5.81. The van der Waals surface area contributed by atoms with E-state index in [1.54, 1.807) is 30.5 Å². The van der Waals surface area contributed by atoms with Crippen LogP contribution in [-0.4, -0.2) is 11.0 Å². The number of nitrogens with zero attached hydrogens (tertiary/aromatic N) is 1. The van der Waals surface area contributed by atoms with E-state index >= 15 is 0 Å². The second-order valence-corrected chi connectivity index (χ2v) is 4.90. The van der Waals surface area contributed by atoms with Crippen molar-refractivity contribution in [1.29, 1.82) is 0 Å². The van der Waals surface area contributed by atoms with Gasteiger partial charge in [0.2, 0.25) is 5.88 Å². The molecule has 0 atom stereocenters. The number of pyridine rings is 1. The molecule has 0 amide bonds. The number of hydrogen-bond acceptors (Lipinski definition) is 4. The quantitative estimate of drug-likeness (QED) is 0.795. The number of thiophene rings is 1. The normalized spacial score (nSPS) is 9.93. The van der Waals surface area contributed by atoms with Crippen molar-refractivity contribution < 1.29 is 9.53 Å². The van der Waals surface area contributed by atoms with E-state index in [1.807, 2.05) is 5.38 Å². The fourth-order valence-electron chi connectivity index (χ4n) is 0.997. The summed E-state index contributed by atoms with van der Waals surface area (Å²) in [6.07, 6.45) is 1.57. The van der Waals surface area contributed by atoms with Crippen LogP contribution in [0.3, 0.4) is 0 Å². The van der Waals surface area contributed by atoms with Gasteiger partial charge >= 0.3 is 5.97 Å². The zero-order valence-corrected chi connectivity index (χ0v) is 9.92. The lowest BCUT2D eigenvalue weighted by Gasteiger charge is -2.00. The molecule has 2 aromatic heterocycles. The fourth-order valence-corrected chi connectivity index (χ4v) is 2.22. The highest BCUT2D eigenvalue weighted by molar-refractivity contribution is 9.11. The zero-order chi connectivity index (χ0) is 10.7. The van der Waals surface area contributed by atoms with Crippen molar-refractivity contribution in [1.82, 2.24) is 4.98 Å². The van der Waals surface area contributed by atoms with Crippen LogP contribution in [-0.2, 0) is 0 Å².